The molecular weight excluding hydrogens is 256 g/mol. The number of piperidine rings is 1. The van der Waals surface area contributed by atoms with Crippen molar-refractivity contribution in [1.29, 1.82) is 0 Å². The fraction of sp³-hybridized carbons (Fsp3) is 0.643. The molecule has 20 heavy (non-hydrogen) atoms. The molecule has 0 bridgehead atoms. The maximum absolute atomic E-state index is 10.9. The van der Waals surface area contributed by atoms with E-state index in [4.69, 9.17) is 5.11 Å². The molecule has 0 atom stereocenters. The third-order valence-corrected chi connectivity index (χ3v) is 3.88. The summed E-state index contributed by atoms with van der Waals surface area (Å²) in [6.45, 7) is 4.87. The maximum atomic E-state index is 10.9. The highest BCUT2D eigenvalue weighted by Crippen LogP contribution is 2.19. The zero-order chi connectivity index (χ0) is 14.5. The Morgan fingerprint density at radius 2 is 2.20 bits per heavy atom. The van der Waals surface area contributed by atoms with Crippen LogP contribution in [-0.4, -0.2) is 52.6 Å². The minimum atomic E-state index is -0.986. The first-order valence-corrected chi connectivity index (χ1v) is 7.05. The lowest BCUT2D eigenvalue weighted by atomic mass is 9.94. The predicted octanol–water partition coefficient (Wildman–Crippen LogP) is 1.63. The predicted molar refractivity (Wildman–Crippen MR) is 77.1 cm³/mol. The van der Waals surface area contributed by atoms with Gasteiger partial charge < -0.3 is 15.3 Å². The van der Waals surface area contributed by atoms with Crippen molar-refractivity contribution < 1.29 is 9.90 Å². The normalized spacial score (nSPS) is 17.1. The van der Waals surface area contributed by atoms with E-state index in [1.165, 1.54) is 32.1 Å². The number of likely N-dealkylation sites (tertiary alicyclic amines) is 1. The molecule has 1 aliphatic rings. The van der Waals surface area contributed by atoms with E-state index >= 15 is 0 Å². The number of carbonyl (C=O) groups is 1. The van der Waals surface area contributed by atoms with Gasteiger partial charge in [0.25, 0.3) is 0 Å². The van der Waals surface area contributed by atoms with Gasteiger partial charge >= 0.3 is 5.97 Å². The highest BCUT2D eigenvalue weighted by molar-refractivity contribution is 5.88. The molecule has 6 heteroatoms. The van der Waals surface area contributed by atoms with E-state index in [0.29, 0.717) is 11.6 Å². The van der Waals surface area contributed by atoms with Crippen LogP contribution in [0.5, 0.6) is 0 Å². The van der Waals surface area contributed by atoms with Crippen LogP contribution in [0.1, 0.15) is 35.3 Å². The Morgan fingerprint density at radius 3 is 2.80 bits per heavy atom. The van der Waals surface area contributed by atoms with Crippen LogP contribution in [0.2, 0.25) is 0 Å². The Hall–Kier alpha value is -1.69. The quantitative estimate of drug-likeness (QED) is 0.852. The average Bonchev–Trinajstić information content (AvgIpc) is 2.41. The number of hydrogen-bond donors (Lipinski definition) is 2. The van der Waals surface area contributed by atoms with Crippen molar-refractivity contribution in [2.45, 2.75) is 26.2 Å². The van der Waals surface area contributed by atoms with Crippen LogP contribution in [0.25, 0.3) is 0 Å². The zero-order valence-electron chi connectivity index (χ0n) is 12.1. The number of nitrogens with one attached hydrogen (secondary N) is 1. The Labute approximate surface area is 119 Å². The number of carboxylic acids is 1. The molecule has 6 nitrogen and oxygen atoms in total. The summed E-state index contributed by atoms with van der Waals surface area (Å²) in [6.07, 6.45) is 4.96. The molecule has 2 heterocycles. The van der Waals surface area contributed by atoms with Gasteiger partial charge in [0.15, 0.2) is 0 Å². The van der Waals surface area contributed by atoms with Crippen molar-refractivity contribution in [2.75, 3.05) is 32.0 Å². The second-order valence-electron chi connectivity index (χ2n) is 5.46. The number of aromatic nitrogens is 2. The van der Waals surface area contributed by atoms with Crippen LogP contribution < -0.4 is 5.32 Å². The molecule has 1 fully saturated rings. The highest BCUT2D eigenvalue weighted by atomic mass is 16.4. The van der Waals surface area contributed by atoms with Crippen LogP contribution in [0.4, 0.5) is 5.95 Å². The van der Waals surface area contributed by atoms with Gasteiger partial charge in [0, 0.05) is 12.7 Å². The molecule has 1 aliphatic heterocycles. The highest BCUT2D eigenvalue weighted by Gasteiger charge is 2.16. The lowest BCUT2D eigenvalue weighted by Gasteiger charge is -2.28. The van der Waals surface area contributed by atoms with Gasteiger partial charge in [-0.2, -0.15) is 0 Å². The second kappa shape index (κ2) is 6.65. The van der Waals surface area contributed by atoms with Gasteiger partial charge in [-0.3, -0.25) is 0 Å². The largest absolute Gasteiger partial charge is 0.478 e. The number of carboxylic acid groups (broad SMARTS) is 1. The number of hydrogen-bond acceptors (Lipinski definition) is 5. The van der Waals surface area contributed by atoms with Crippen LogP contribution in [0.15, 0.2) is 6.20 Å². The number of aryl methyl sites for hydroxylation is 1. The molecule has 2 N–H and O–H groups in total. The number of nitrogens with zero attached hydrogens (tertiary/aromatic N) is 3. The number of rotatable bonds is 5. The molecular formula is C14H22N4O2. The summed E-state index contributed by atoms with van der Waals surface area (Å²) >= 11 is 0. The summed E-state index contributed by atoms with van der Waals surface area (Å²) in [5.41, 5.74) is 0.653. The third kappa shape index (κ3) is 3.90. The molecule has 2 rings (SSSR count). The van der Waals surface area contributed by atoms with Crippen LogP contribution >= 0.6 is 0 Å². The molecule has 1 aromatic rings. The first-order chi connectivity index (χ1) is 9.56. The molecule has 0 amide bonds. The Balaban J connectivity index is 1.79. The van der Waals surface area contributed by atoms with Crippen LogP contribution in [0, 0.1) is 12.8 Å². The molecule has 0 radical (unpaired) electrons. The molecule has 0 spiro atoms. The van der Waals surface area contributed by atoms with Gasteiger partial charge in [-0.05, 0) is 52.2 Å². The summed E-state index contributed by atoms with van der Waals surface area (Å²) < 4.78 is 0. The van der Waals surface area contributed by atoms with Crippen molar-refractivity contribution in [3.8, 4) is 0 Å². The summed E-state index contributed by atoms with van der Waals surface area (Å²) in [5, 5.41) is 12.1. The summed E-state index contributed by atoms with van der Waals surface area (Å²) in [7, 11) is 2.16. The van der Waals surface area contributed by atoms with E-state index in [1.807, 2.05) is 0 Å². The summed E-state index contributed by atoms with van der Waals surface area (Å²) in [4.78, 5) is 21.5. The summed E-state index contributed by atoms with van der Waals surface area (Å²) in [5.74, 6) is 0.291. The molecule has 0 aromatic carbocycles. The third-order valence-electron chi connectivity index (χ3n) is 3.88. The zero-order valence-corrected chi connectivity index (χ0v) is 12.1. The molecule has 110 valence electrons. The minimum absolute atomic E-state index is 0.158. The van der Waals surface area contributed by atoms with Crippen LogP contribution in [-0.2, 0) is 0 Å². The Bertz CT molecular complexity index is 470. The lowest BCUT2D eigenvalue weighted by Crippen LogP contribution is -2.30. The van der Waals surface area contributed by atoms with E-state index in [1.54, 1.807) is 6.92 Å². The van der Waals surface area contributed by atoms with E-state index < -0.39 is 5.97 Å². The maximum Gasteiger partial charge on any atom is 0.339 e. The Kier molecular flexibility index (Phi) is 4.89. The standard InChI is InChI=1S/C14H22N4O2/c1-10-12(13(19)20)9-16-14(17-10)15-6-3-11-4-7-18(2)8-5-11/h9,11H,3-8H2,1-2H3,(H,19,20)(H,15,16,17). The molecule has 0 saturated carbocycles. The number of anilines is 1. The fourth-order valence-electron chi connectivity index (χ4n) is 2.50. The van der Waals surface area contributed by atoms with Gasteiger partial charge in [-0.1, -0.05) is 0 Å². The fourth-order valence-corrected chi connectivity index (χ4v) is 2.50. The smallest absolute Gasteiger partial charge is 0.339 e. The molecule has 1 saturated heterocycles. The molecule has 0 unspecified atom stereocenters. The van der Waals surface area contributed by atoms with Crippen molar-refractivity contribution in [1.82, 2.24) is 14.9 Å². The second-order valence-corrected chi connectivity index (χ2v) is 5.46. The first kappa shape index (κ1) is 14.7. The Morgan fingerprint density at radius 1 is 1.50 bits per heavy atom. The van der Waals surface area contributed by atoms with E-state index in [-0.39, 0.29) is 5.56 Å². The molecule has 0 aliphatic carbocycles. The first-order valence-electron chi connectivity index (χ1n) is 7.05. The van der Waals surface area contributed by atoms with Crippen LogP contribution in [0.3, 0.4) is 0 Å². The lowest BCUT2D eigenvalue weighted by molar-refractivity contribution is 0.0695. The van der Waals surface area contributed by atoms with Crippen molar-refractivity contribution in [3.63, 3.8) is 0 Å². The van der Waals surface area contributed by atoms with E-state index in [0.717, 1.165) is 18.9 Å². The average molecular weight is 278 g/mol. The van der Waals surface area contributed by atoms with Gasteiger partial charge in [-0.15, -0.1) is 0 Å². The topological polar surface area (TPSA) is 78.4 Å². The van der Waals surface area contributed by atoms with Gasteiger partial charge in [-0.25, -0.2) is 14.8 Å². The monoisotopic (exact) mass is 278 g/mol. The van der Waals surface area contributed by atoms with Crippen molar-refractivity contribution in [2.24, 2.45) is 5.92 Å². The minimum Gasteiger partial charge on any atom is -0.478 e. The van der Waals surface area contributed by atoms with Gasteiger partial charge in [0.1, 0.15) is 0 Å². The van der Waals surface area contributed by atoms with E-state index in [9.17, 15) is 4.79 Å². The molecule has 1 aromatic heterocycles. The van der Waals surface area contributed by atoms with Gasteiger partial charge in [0.05, 0.1) is 11.3 Å². The van der Waals surface area contributed by atoms with E-state index in [2.05, 4.69) is 27.2 Å². The van der Waals surface area contributed by atoms with Crippen molar-refractivity contribution in [3.05, 3.63) is 17.5 Å². The SMILES string of the molecule is Cc1nc(NCCC2CCN(C)CC2)ncc1C(=O)O. The number of aromatic carboxylic acids is 1. The van der Waals surface area contributed by atoms with Crippen molar-refractivity contribution >= 4 is 11.9 Å². The van der Waals surface area contributed by atoms with Gasteiger partial charge in [0.2, 0.25) is 5.95 Å². The summed E-state index contributed by atoms with van der Waals surface area (Å²) in [6, 6.07) is 0.